The maximum Gasteiger partial charge on any atom is 0.263 e. The van der Waals surface area contributed by atoms with Gasteiger partial charge in [0.2, 0.25) is 10.0 Å². The Morgan fingerprint density at radius 1 is 1.20 bits per heavy atom. The van der Waals surface area contributed by atoms with Gasteiger partial charge in [-0.25, -0.2) is 13.4 Å². The van der Waals surface area contributed by atoms with E-state index in [2.05, 4.69) is 15.1 Å². The van der Waals surface area contributed by atoms with Gasteiger partial charge in [0.1, 0.15) is 17.5 Å². The van der Waals surface area contributed by atoms with Crippen LogP contribution in [0.3, 0.4) is 0 Å². The minimum absolute atomic E-state index is 0.453. The maximum atomic E-state index is 11.5. The number of nitrogens with zero attached hydrogens (tertiary/aromatic N) is 5. The van der Waals surface area contributed by atoms with Crippen LogP contribution in [0.2, 0.25) is 0 Å². The lowest BCUT2D eigenvalue weighted by Crippen LogP contribution is -2.48. The van der Waals surface area contributed by atoms with E-state index in [0.717, 1.165) is 16.9 Å². The molecule has 0 spiro atoms. The van der Waals surface area contributed by atoms with Crippen LogP contribution in [0.5, 0.6) is 0 Å². The summed E-state index contributed by atoms with van der Waals surface area (Å²) in [4.78, 5) is 10.4. The molecule has 0 bridgehead atoms. The molecule has 20 heavy (non-hydrogen) atoms. The summed E-state index contributed by atoms with van der Waals surface area (Å²) < 4.78 is 29.6. The number of hydrogen-bond donors (Lipinski definition) is 0. The average molecular weight is 297 g/mol. The van der Waals surface area contributed by atoms with Gasteiger partial charge >= 0.3 is 0 Å². The fourth-order valence-electron chi connectivity index (χ4n) is 2.38. The highest BCUT2D eigenvalue weighted by molar-refractivity contribution is 7.88. The molecule has 8 nitrogen and oxygen atoms in total. The monoisotopic (exact) mass is 297 g/mol. The van der Waals surface area contributed by atoms with Crippen molar-refractivity contribution >= 4 is 26.9 Å². The van der Waals surface area contributed by atoms with Crippen LogP contribution in [0, 0.1) is 6.92 Å². The molecule has 0 saturated carbocycles. The zero-order valence-corrected chi connectivity index (χ0v) is 12.1. The highest BCUT2D eigenvalue weighted by Crippen LogP contribution is 2.26. The quantitative estimate of drug-likeness (QED) is 0.770. The number of fused-ring (bicyclic) bond motifs is 1. The molecule has 3 heterocycles. The predicted molar refractivity (Wildman–Crippen MR) is 73.0 cm³/mol. The Morgan fingerprint density at radius 3 is 2.55 bits per heavy atom. The second-order valence-corrected chi connectivity index (χ2v) is 6.78. The lowest BCUT2D eigenvalue weighted by molar-refractivity contribution is 0.387. The van der Waals surface area contributed by atoms with Crippen LogP contribution in [0.4, 0.5) is 5.82 Å². The van der Waals surface area contributed by atoms with E-state index in [4.69, 9.17) is 4.52 Å². The highest BCUT2D eigenvalue weighted by atomic mass is 32.2. The predicted octanol–water partition coefficient (Wildman–Crippen LogP) is 0.00782. The molecule has 108 valence electrons. The Bertz CT molecular complexity index is 734. The van der Waals surface area contributed by atoms with Crippen molar-refractivity contribution in [2.24, 2.45) is 0 Å². The molecule has 0 unspecified atom stereocenters. The van der Waals surface area contributed by atoms with Crippen molar-refractivity contribution in [1.29, 1.82) is 0 Å². The van der Waals surface area contributed by atoms with E-state index in [0.29, 0.717) is 31.9 Å². The number of sulfonamides is 1. The van der Waals surface area contributed by atoms with Crippen LogP contribution < -0.4 is 4.90 Å². The van der Waals surface area contributed by atoms with Gasteiger partial charge in [-0.1, -0.05) is 5.16 Å². The van der Waals surface area contributed by atoms with Crippen LogP contribution in [-0.2, 0) is 10.0 Å². The number of rotatable bonds is 2. The van der Waals surface area contributed by atoms with Gasteiger partial charge < -0.3 is 9.42 Å². The zero-order valence-electron chi connectivity index (χ0n) is 11.3. The Hall–Kier alpha value is -1.74. The smallest absolute Gasteiger partial charge is 0.263 e. The van der Waals surface area contributed by atoms with E-state index in [-0.39, 0.29) is 0 Å². The second-order valence-electron chi connectivity index (χ2n) is 4.79. The Labute approximate surface area is 116 Å². The molecule has 0 aliphatic carbocycles. The van der Waals surface area contributed by atoms with Crippen molar-refractivity contribution in [2.45, 2.75) is 6.92 Å². The first-order chi connectivity index (χ1) is 9.47. The fraction of sp³-hybridized carbons (Fsp3) is 0.545. The highest BCUT2D eigenvalue weighted by Gasteiger charge is 2.26. The fourth-order valence-corrected chi connectivity index (χ4v) is 3.20. The van der Waals surface area contributed by atoms with Crippen LogP contribution in [-0.4, -0.2) is 60.3 Å². The molecule has 0 N–H and O–H groups in total. The molecule has 1 aliphatic rings. The molecule has 0 atom stereocenters. The lowest BCUT2D eigenvalue weighted by Gasteiger charge is -2.34. The Balaban J connectivity index is 1.89. The van der Waals surface area contributed by atoms with Crippen molar-refractivity contribution in [1.82, 2.24) is 19.4 Å². The van der Waals surface area contributed by atoms with Gasteiger partial charge in [-0.2, -0.15) is 9.29 Å². The van der Waals surface area contributed by atoms with Crippen LogP contribution in [0.15, 0.2) is 10.9 Å². The van der Waals surface area contributed by atoms with E-state index in [1.54, 1.807) is 0 Å². The molecule has 0 amide bonds. The molecule has 2 aromatic heterocycles. The van der Waals surface area contributed by atoms with Gasteiger partial charge in [-0.05, 0) is 6.92 Å². The van der Waals surface area contributed by atoms with Crippen molar-refractivity contribution in [3.05, 3.63) is 12.0 Å². The number of hydrogen-bond acceptors (Lipinski definition) is 7. The second kappa shape index (κ2) is 4.67. The van der Waals surface area contributed by atoms with Gasteiger partial charge in [0.15, 0.2) is 0 Å². The SMILES string of the molecule is Cc1noc2ncnc(N3CCN(S(C)(=O)=O)CC3)c12. The number of aryl methyl sites for hydroxylation is 1. The summed E-state index contributed by atoms with van der Waals surface area (Å²) in [5.41, 5.74) is 1.19. The summed E-state index contributed by atoms with van der Waals surface area (Å²) in [5, 5.41) is 4.69. The summed E-state index contributed by atoms with van der Waals surface area (Å²) >= 11 is 0. The van der Waals surface area contributed by atoms with Crippen LogP contribution in [0.25, 0.3) is 11.1 Å². The lowest BCUT2D eigenvalue weighted by atomic mass is 10.2. The van der Waals surface area contributed by atoms with Crippen molar-refractivity contribution in [3.63, 3.8) is 0 Å². The third kappa shape index (κ3) is 2.22. The summed E-state index contributed by atoms with van der Waals surface area (Å²) in [6, 6.07) is 0. The zero-order chi connectivity index (χ0) is 14.3. The summed E-state index contributed by atoms with van der Waals surface area (Å²) in [6.07, 6.45) is 2.67. The Kier molecular flexibility index (Phi) is 3.09. The van der Waals surface area contributed by atoms with E-state index in [9.17, 15) is 8.42 Å². The van der Waals surface area contributed by atoms with E-state index < -0.39 is 10.0 Å². The molecule has 2 aromatic rings. The normalized spacial score (nSPS) is 17.8. The molecule has 0 radical (unpaired) electrons. The summed E-state index contributed by atoms with van der Waals surface area (Å²) in [6.45, 7) is 3.92. The average Bonchev–Trinajstić information content (AvgIpc) is 2.80. The molecular weight excluding hydrogens is 282 g/mol. The number of piperazine rings is 1. The first-order valence-electron chi connectivity index (χ1n) is 6.24. The maximum absolute atomic E-state index is 11.5. The first-order valence-corrected chi connectivity index (χ1v) is 8.08. The van der Waals surface area contributed by atoms with Crippen molar-refractivity contribution in [2.75, 3.05) is 37.3 Å². The minimum Gasteiger partial charge on any atom is -0.353 e. The molecular formula is C11H15N5O3S. The third-order valence-corrected chi connectivity index (χ3v) is 4.73. The summed E-state index contributed by atoms with van der Waals surface area (Å²) in [5.74, 6) is 0.752. The largest absolute Gasteiger partial charge is 0.353 e. The van der Waals surface area contributed by atoms with Gasteiger partial charge in [0, 0.05) is 26.2 Å². The van der Waals surface area contributed by atoms with Crippen LogP contribution >= 0.6 is 0 Å². The summed E-state index contributed by atoms with van der Waals surface area (Å²) in [7, 11) is -3.13. The van der Waals surface area contributed by atoms with Gasteiger partial charge in [-0.3, -0.25) is 0 Å². The van der Waals surface area contributed by atoms with E-state index in [1.807, 2.05) is 11.8 Å². The standard InChI is InChI=1S/C11H15N5O3S/c1-8-9-10(12-7-13-11(9)19-14-8)15-3-5-16(6-4-15)20(2,17)18/h7H,3-6H2,1-2H3. The minimum atomic E-state index is -3.13. The molecule has 3 rings (SSSR count). The van der Waals surface area contributed by atoms with Gasteiger partial charge in [-0.15, -0.1) is 0 Å². The molecule has 0 aromatic carbocycles. The van der Waals surface area contributed by atoms with Crippen LogP contribution in [0.1, 0.15) is 5.69 Å². The van der Waals surface area contributed by atoms with E-state index in [1.165, 1.54) is 16.9 Å². The van der Waals surface area contributed by atoms with Crippen molar-refractivity contribution in [3.8, 4) is 0 Å². The topological polar surface area (TPSA) is 92.4 Å². The molecule has 1 fully saturated rings. The molecule has 1 aliphatic heterocycles. The van der Waals surface area contributed by atoms with E-state index >= 15 is 0 Å². The number of anilines is 1. The first kappa shape index (κ1) is 13.3. The number of aromatic nitrogens is 3. The Morgan fingerprint density at radius 2 is 1.90 bits per heavy atom. The van der Waals surface area contributed by atoms with Crippen molar-refractivity contribution < 1.29 is 12.9 Å². The van der Waals surface area contributed by atoms with Gasteiger partial charge in [0.25, 0.3) is 5.71 Å². The molecule has 9 heteroatoms. The third-order valence-electron chi connectivity index (χ3n) is 3.43. The molecule has 1 saturated heterocycles. The van der Waals surface area contributed by atoms with Gasteiger partial charge in [0.05, 0.1) is 11.9 Å².